The van der Waals surface area contributed by atoms with E-state index in [2.05, 4.69) is 21.3 Å². The van der Waals surface area contributed by atoms with Crippen molar-refractivity contribution in [1.82, 2.24) is 14.9 Å². The van der Waals surface area contributed by atoms with Gasteiger partial charge < -0.3 is 10.3 Å². The van der Waals surface area contributed by atoms with E-state index in [0.717, 1.165) is 53.7 Å². The number of anilines is 1. The van der Waals surface area contributed by atoms with Gasteiger partial charge in [0.2, 0.25) is 5.91 Å². The molecule has 2 aromatic heterocycles. The van der Waals surface area contributed by atoms with Gasteiger partial charge >= 0.3 is 0 Å². The van der Waals surface area contributed by atoms with Gasteiger partial charge in [-0.1, -0.05) is 48.5 Å². The molecule has 1 unspecified atom stereocenters. The van der Waals surface area contributed by atoms with Gasteiger partial charge in [0.25, 0.3) is 0 Å². The second kappa shape index (κ2) is 7.81. The van der Waals surface area contributed by atoms with E-state index in [1.165, 1.54) is 11.3 Å². The largest absolute Gasteiger partial charge is 0.360 e. The quantitative estimate of drug-likeness (QED) is 0.490. The molecule has 2 N–H and O–H groups in total. The van der Waals surface area contributed by atoms with Gasteiger partial charge in [0.05, 0.1) is 5.69 Å². The Bertz CT molecular complexity index is 1130. The van der Waals surface area contributed by atoms with Crippen molar-refractivity contribution in [3.8, 4) is 11.3 Å². The third kappa shape index (κ3) is 3.57. The Morgan fingerprint density at radius 1 is 1.07 bits per heavy atom. The highest BCUT2D eigenvalue weighted by atomic mass is 32.1. The monoisotopic (exact) mass is 402 g/mol. The lowest BCUT2D eigenvalue weighted by atomic mass is 10.0. The molecule has 0 radical (unpaired) electrons. The Morgan fingerprint density at radius 2 is 1.83 bits per heavy atom. The van der Waals surface area contributed by atoms with Crippen LogP contribution in [0.1, 0.15) is 24.4 Å². The molecule has 1 aliphatic heterocycles. The number of nitrogens with zero attached hydrogens (tertiary/aromatic N) is 2. The highest BCUT2D eigenvalue weighted by Gasteiger charge is 2.30. The molecule has 1 atom stereocenters. The molecule has 29 heavy (non-hydrogen) atoms. The molecule has 1 fully saturated rings. The summed E-state index contributed by atoms with van der Waals surface area (Å²) in [6, 6.07) is 17.9. The number of para-hydroxylation sites is 1. The number of nitrogens with one attached hydrogen (secondary N) is 2. The van der Waals surface area contributed by atoms with Crippen LogP contribution >= 0.6 is 11.3 Å². The van der Waals surface area contributed by atoms with Crippen molar-refractivity contribution in [3.63, 3.8) is 0 Å². The minimum Gasteiger partial charge on any atom is -0.360 e. The lowest BCUT2D eigenvalue weighted by Crippen LogP contribution is -2.35. The Labute approximate surface area is 173 Å². The van der Waals surface area contributed by atoms with E-state index in [9.17, 15) is 4.79 Å². The molecular formula is C23H22N4OS. The molecule has 0 bridgehead atoms. The summed E-state index contributed by atoms with van der Waals surface area (Å²) in [6.45, 7) is 1.90. The maximum absolute atomic E-state index is 13.2. The number of benzene rings is 2. The van der Waals surface area contributed by atoms with Crippen LogP contribution in [0.5, 0.6) is 0 Å². The minimum atomic E-state index is -0.279. The van der Waals surface area contributed by atoms with Gasteiger partial charge in [-0.2, -0.15) is 0 Å². The first-order chi connectivity index (χ1) is 14.3. The predicted octanol–water partition coefficient (Wildman–Crippen LogP) is 5.07. The zero-order chi connectivity index (χ0) is 19.6. The van der Waals surface area contributed by atoms with Gasteiger partial charge in [-0.15, -0.1) is 11.3 Å². The first-order valence-electron chi connectivity index (χ1n) is 9.91. The summed E-state index contributed by atoms with van der Waals surface area (Å²) in [7, 11) is 0. The standard InChI is InChI=1S/C23H22N4OS/c28-22(21(27-12-6-7-13-27)16-8-2-1-3-9-16)26-23-25-20(15-29-23)18-14-24-19-11-5-4-10-17(18)19/h1-5,8-11,14-15,21,24H,6-7,12-13H2,(H,25,26,28). The highest BCUT2D eigenvalue weighted by molar-refractivity contribution is 7.14. The van der Waals surface area contributed by atoms with Crippen LogP contribution in [-0.4, -0.2) is 33.9 Å². The smallest absolute Gasteiger partial charge is 0.248 e. The van der Waals surface area contributed by atoms with E-state index in [-0.39, 0.29) is 11.9 Å². The van der Waals surface area contributed by atoms with Gasteiger partial charge in [-0.3, -0.25) is 9.69 Å². The summed E-state index contributed by atoms with van der Waals surface area (Å²) in [6.07, 6.45) is 4.25. The van der Waals surface area contributed by atoms with Crippen molar-refractivity contribution < 1.29 is 4.79 Å². The van der Waals surface area contributed by atoms with Gasteiger partial charge in [-0.25, -0.2) is 4.98 Å². The lowest BCUT2D eigenvalue weighted by Gasteiger charge is -2.26. The number of amides is 1. The van der Waals surface area contributed by atoms with Crippen molar-refractivity contribution in [1.29, 1.82) is 0 Å². The molecule has 3 heterocycles. The normalized spacial score (nSPS) is 15.6. The van der Waals surface area contributed by atoms with Crippen molar-refractivity contribution >= 4 is 33.3 Å². The van der Waals surface area contributed by atoms with Crippen LogP contribution in [0.25, 0.3) is 22.2 Å². The fourth-order valence-corrected chi connectivity index (χ4v) is 4.79. The summed E-state index contributed by atoms with van der Waals surface area (Å²) >= 11 is 1.46. The summed E-state index contributed by atoms with van der Waals surface area (Å²) < 4.78 is 0. The van der Waals surface area contributed by atoms with Crippen LogP contribution < -0.4 is 5.32 Å². The number of hydrogen-bond acceptors (Lipinski definition) is 4. The van der Waals surface area contributed by atoms with E-state index >= 15 is 0 Å². The number of aromatic nitrogens is 2. The van der Waals surface area contributed by atoms with E-state index in [1.54, 1.807) is 0 Å². The average molecular weight is 403 g/mol. The molecule has 0 aliphatic carbocycles. The van der Waals surface area contributed by atoms with Gasteiger partial charge in [0, 0.05) is 28.0 Å². The number of fused-ring (bicyclic) bond motifs is 1. The molecule has 5 rings (SSSR count). The van der Waals surface area contributed by atoms with Crippen LogP contribution in [0.4, 0.5) is 5.13 Å². The molecule has 6 heteroatoms. The second-order valence-corrected chi connectivity index (χ2v) is 8.19. The Kier molecular flexibility index (Phi) is 4.87. The first kappa shape index (κ1) is 18.1. The number of aromatic amines is 1. The van der Waals surface area contributed by atoms with Gasteiger partial charge in [0.1, 0.15) is 6.04 Å². The minimum absolute atomic E-state index is 0.0158. The van der Waals surface area contributed by atoms with E-state index < -0.39 is 0 Å². The van der Waals surface area contributed by atoms with E-state index in [0.29, 0.717) is 5.13 Å². The fraction of sp³-hybridized carbons (Fsp3) is 0.217. The highest BCUT2D eigenvalue weighted by Crippen LogP contribution is 2.32. The predicted molar refractivity (Wildman–Crippen MR) is 118 cm³/mol. The molecular weight excluding hydrogens is 380 g/mol. The van der Waals surface area contributed by atoms with Crippen molar-refractivity contribution in [2.45, 2.75) is 18.9 Å². The molecule has 0 saturated carbocycles. The van der Waals surface area contributed by atoms with Crippen LogP contribution in [0, 0.1) is 0 Å². The number of thiazole rings is 1. The third-order valence-electron chi connectivity index (χ3n) is 5.47. The number of rotatable bonds is 5. The van der Waals surface area contributed by atoms with Gasteiger partial charge in [-0.05, 0) is 37.6 Å². The van der Waals surface area contributed by atoms with Gasteiger partial charge in [0.15, 0.2) is 5.13 Å². The molecule has 146 valence electrons. The van der Waals surface area contributed by atoms with Crippen LogP contribution in [0.3, 0.4) is 0 Å². The molecule has 1 amide bonds. The Balaban J connectivity index is 1.40. The molecule has 2 aromatic carbocycles. The molecule has 1 saturated heterocycles. The third-order valence-corrected chi connectivity index (χ3v) is 6.23. The number of likely N-dealkylation sites (tertiary alicyclic amines) is 1. The second-order valence-electron chi connectivity index (χ2n) is 7.33. The summed E-state index contributed by atoms with van der Waals surface area (Å²) in [5.41, 5.74) is 4.04. The molecule has 4 aromatic rings. The van der Waals surface area contributed by atoms with Crippen LogP contribution in [0.15, 0.2) is 66.2 Å². The first-order valence-corrected chi connectivity index (χ1v) is 10.8. The fourth-order valence-electron chi connectivity index (χ4n) is 4.08. The molecule has 0 spiro atoms. The van der Waals surface area contributed by atoms with Crippen LogP contribution in [-0.2, 0) is 4.79 Å². The Morgan fingerprint density at radius 3 is 2.66 bits per heavy atom. The average Bonchev–Trinajstić information content (AvgIpc) is 3.50. The van der Waals surface area contributed by atoms with Crippen molar-refractivity contribution in [3.05, 3.63) is 71.7 Å². The van der Waals surface area contributed by atoms with E-state index in [4.69, 9.17) is 4.98 Å². The molecule has 1 aliphatic rings. The van der Waals surface area contributed by atoms with Crippen LogP contribution in [0.2, 0.25) is 0 Å². The van der Waals surface area contributed by atoms with Crippen molar-refractivity contribution in [2.75, 3.05) is 18.4 Å². The maximum Gasteiger partial charge on any atom is 0.248 e. The number of hydrogen-bond donors (Lipinski definition) is 2. The number of carbonyl (C=O) groups excluding carboxylic acids is 1. The van der Waals surface area contributed by atoms with E-state index in [1.807, 2.05) is 60.1 Å². The van der Waals surface area contributed by atoms with Crippen molar-refractivity contribution in [2.24, 2.45) is 0 Å². The summed E-state index contributed by atoms with van der Waals surface area (Å²) in [5.74, 6) is -0.0158. The number of carbonyl (C=O) groups is 1. The SMILES string of the molecule is O=C(Nc1nc(-c2c[nH]c3ccccc23)cs1)C(c1ccccc1)N1CCCC1. The summed E-state index contributed by atoms with van der Waals surface area (Å²) in [5, 5.41) is 6.83. The lowest BCUT2D eigenvalue weighted by molar-refractivity contribution is -0.121. The topological polar surface area (TPSA) is 61.0 Å². The zero-order valence-corrected chi connectivity index (χ0v) is 16.8. The molecule has 5 nitrogen and oxygen atoms in total. The maximum atomic E-state index is 13.2. The summed E-state index contributed by atoms with van der Waals surface area (Å²) in [4.78, 5) is 23.5. The zero-order valence-electron chi connectivity index (χ0n) is 16.0. The number of H-pyrrole nitrogens is 1. The Hall–Kier alpha value is -2.96.